The van der Waals surface area contributed by atoms with Crippen LogP contribution in [0.3, 0.4) is 0 Å². The molecule has 2 unspecified atom stereocenters. The van der Waals surface area contributed by atoms with Crippen LogP contribution in [0.2, 0.25) is 0 Å². The first kappa shape index (κ1) is 29.0. The summed E-state index contributed by atoms with van der Waals surface area (Å²) in [5.41, 5.74) is 18.5. The van der Waals surface area contributed by atoms with E-state index < -0.39 is 5.41 Å². The summed E-state index contributed by atoms with van der Waals surface area (Å²) >= 11 is 0. The molecule has 0 radical (unpaired) electrons. The fourth-order valence-corrected chi connectivity index (χ4v) is 10.2. The Morgan fingerprint density at radius 1 is 0.415 bits per heavy atom. The first-order valence-electron chi connectivity index (χ1n) is 18.5. The zero-order valence-corrected chi connectivity index (χ0v) is 29.2. The Bertz CT molecular complexity index is 2990. The van der Waals surface area contributed by atoms with Crippen LogP contribution >= 0.6 is 0 Å². The zero-order valence-electron chi connectivity index (χ0n) is 29.2. The SMILES string of the molecule is CC12c3ccc4c(c3)C(c3ccccc3)(c3cccc(c3)N(c3cccc5oc6ccccc6c35)c3ccc(c1c3)-c1ccccc12)c1ccccc1-4. The van der Waals surface area contributed by atoms with Gasteiger partial charge in [-0.05, 0) is 111 Å². The van der Waals surface area contributed by atoms with E-state index in [2.05, 4.69) is 194 Å². The Morgan fingerprint density at radius 2 is 1.06 bits per heavy atom. The third-order valence-corrected chi connectivity index (χ3v) is 12.5. The number of rotatable bonds is 2. The summed E-state index contributed by atoms with van der Waals surface area (Å²) < 4.78 is 6.49. The van der Waals surface area contributed by atoms with Crippen LogP contribution < -0.4 is 4.90 Å². The normalized spacial score (nSPS) is 18.8. The van der Waals surface area contributed by atoms with E-state index >= 15 is 0 Å². The molecule has 2 atom stereocenters. The van der Waals surface area contributed by atoms with E-state index in [-0.39, 0.29) is 5.41 Å². The number of para-hydroxylation sites is 1. The van der Waals surface area contributed by atoms with E-state index in [1.807, 2.05) is 0 Å². The van der Waals surface area contributed by atoms with Crippen LogP contribution in [-0.4, -0.2) is 0 Å². The highest BCUT2D eigenvalue weighted by Crippen LogP contribution is 2.60. The van der Waals surface area contributed by atoms with Gasteiger partial charge in [0.15, 0.2) is 0 Å². The van der Waals surface area contributed by atoms with Crippen molar-refractivity contribution in [2.75, 3.05) is 4.90 Å². The molecule has 0 amide bonds. The smallest absolute Gasteiger partial charge is 0.137 e. The first-order valence-corrected chi connectivity index (χ1v) is 18.5. The third-order valence-electron chi connectivity index (χ3n) is 12.5. The van der Waals surface area contributed by atoms with E-state index in [4.69, 9.17) is 4.42 Å². The molecule has 0 saturated heterocycles. The monoisotopic (exact) mass is 675 g/mol. The van der Waals surface area contributed by atoms with Gasteiger partial charge in [-0.15, -0.1) is 0 Å². The summed E-state index contributed by atoms with van der Waals surface area (Å²) in [6, 6.07) is 67.9. The van der Waals surface area contributed by atoms with E-state index in [1.165, 1.54) is 61.2 Å². The number of furan rings is 1. The van der Waals surface area contributed by atoms with Gasteiger partial charge < -0.3 is 9.32 Å². The van der Waals surface area contributed by atoms with Crippen molar-refractivity contribution in [3.8, 4) is 22.3 Å². The predicted molar refractivity (Wildman–Crippen MR) is 217 cm³/mol. The highest BCUT2D eigenvalue weighted by molar-refractivity contribution is 6.13. The predicted octanol–water partition coefficient (Wildman–Crippen LogP) is 13.1. The van der Waals surface area contributed by atoms with Crippen LogP contribution in [0.1, 0.15) is 45.9 Å². The van der Waals surface area contributed by atoms with E-state index in [1.54, 1.807) is 0 Å². The van der Waals surface area contributed by atoms with Gasteiger partial charge in [-0.2, -0.15) is 0 Å². The molecule has 248 valence electrons. The molecule has 2 heteroatoms. The van der Waals surface area contributed by atoms with Gasteiger partial charge in [0.1, 0.15) is 11.2 Å². The van der Waals surface area contributed by atoms with Crippen molar-refractivity contribution >= 4 is 39.0 Å². The Balaban J connectivity index is 1.27. The van der Waals surface area contributed by atoms with Crippen LogP contribution in [0.4, 0.5) is 17.1 Å². The highest BCUT2D eigenvalue weighted by atomic mass is 16.3. The first-order chi connectivity index (χ1) is 26.2. The van der Waals surface area contributed by atoms with E-state index in [0.717, 1.165) is 39.0 Å². The number of hydrogen-bond acceptors (Lipinski definition) is 2. The fourth-order valence-electron chi connectivity index (χ4n) is 10.2. The summed E-state index contributed by atoms with van der Waals surface area (Å²) in [7, 11) is 0. The molecule has 12 rings (SSSR count). The molecule has 1 aromatic heterocycles. The molecule has 0 spiro atoms. The van der Waals surface area contributed by atoms with Gasteiger partial charge in [-0.25, -0.2) is 0 Å². The van der Waals surface area contributed by atoms with Crippen molar-refractivity contribution in [3.05, 3.63) is 221 Å². The summed E-state index contributed by atoms with van der Waals surface area (Å²) in [5.74, 6) is 0. The molecule has 0 saturated carbocycles. The van der Waals surface area contributed by atoms with Crippen molar-refractivity contribution in [1.29, 1.82) is 0 Å². The number of nitrogens with zero attached hydrogens (tertiary/aromatic N) is 1. The van der Waals surface area contributed by atoms with Crippen molar-refractivity contribution in [1.82, 2.24) is 0 Å². The maximum absolute atomic E-state index is 6.49. The summed E-state index contributed by atoms with van der Waals surface area (Å²) in [4.78, 5) is 2.47. The van der Waals surface area contributed by atoms with E-state index in [9.17, 15) is 0 Å². The molecule has 3 aliphatic rings. The molecule has 2 aliphatic carbocycles. The highest BCUT2D eigenvalue weighted by Gasteiger charge is 2.49. The summed E-state index contributed by atoms with van der Waals surface area (Å²) in [6.07, 6.45) is 0. The van der Waals surface area contributed by atoms with Gasteiger partial charge in [0.05, 0.1) is 16.5 Å². The van der Waals surface area contributed by atoms with Gasteiger partial charge in [-0.1, -0.05) is 140 Å². The molecule has 1 aliphatic heterocycles. The van der Waals surface area contributed by atoms with Crippen LogP contribution in [0.25, 0.3) is 44.2 Å². The second-order valence-electron chi connectivity index (χ2n) is 15.0. The van der Waals surface area contributed by atoms with Crippen molar-refractivity contribution in [2.24, 2.45) is 0 Å². The fraction of sp³-hybridized carbons (Fsp3) is 0.0588. The largest absolute Gasteiger partial charge is 0.456 e. The molecule has 0 fully saturated rings. The topological polar surface area (TPSA) is 16.4 Å². The van der Waals surface area contributed by atoms with Gasteiger partial charge >= 0.3 is 0 Å². The number of fused-ring (bicyclic) bond motifs is 15. The van der Waals surface area contributed by atoms with Gasteiger partial charge in [0, 0.05) is 22.2 Å². The van der Waals surface area contributed by atoms with Crippen LogP contribution in [-0.2, 0) is 10.8 Å². The molecule has 0 N–H and O–H groups in total. The van der Waals surface area contributed by atoms with Crippen LogP contribution in [0, 0.1) is 0 Å². The van der Waals surface area contributed by atoms with Crippen molar-refractivity contribution in [2.45, 2.75) is 17.8 Å². The molecular formula is C51H33NO. The minimum absolute atomic E-state index is 0.388. The summed E-state index contributed by atoms with van der Waals surface area (Å²) in [6.45, 7) is 2.44. The lowest BCUT2D eigenvalue weighted by atomic mass is 9.66. The van der Waals surface area contributed by atoms with Crippen molar-refractivity contribution in [3.63, 3.8) is 0 Å². The Labute approximate surface area is 308 Å². The zero-order chi connectivity index (χ0) is 34.9. The molecule has 2 heterocycles. The molecule has 9 aromatic rings. The minimum atomic E-state index is -0.538. The molecule has 6 bridgehead atoms. The molecule has 8 aromatic carbocycles. The Kier molecular flexibility index (Phi) is 5.60. The second-order valence-corrected chi connectivity index (χ2v) is 15.0. The molecule has 53 heavy (non-hydrogen) atoms. The molecule has 2 nitrogen and oxygen atoms in total. The maximum atomic E-state index is 6.49. The van der Waals surface area contributed by atoms with Crippen LogP contribution in [0.15, 0.2) is 186 Å². The minimum Gasteiger partial charge on any atom is -0.456 e. The van der Waals surface area contributed by atoms with E-state index in [0.29, 0.717) is 0 Å². The number of benzene rings is 8. The second kappa shape index (κ2) is 10.2. The quantitative estimate of drug-likeness (QED) is 0.181. The van der Waals surface area contributed by atoms with Crippen LogP contribution in [0.5, 0.6) is 0 Å². The third kappa shape index (κ3) is 3.58. The Hall–Kier alpha value is -6.64. The average Bonchev–Trinajstić information content (AvgIpc) is 3.83. The average molecular weight is 676 g/mol. The standard InChI is InChI=1S/C51H33NO/c1-50-33-25-27-40-38-18-6-9-21-43(38)51(45(40)30-33,32-13-3-2-4-14-32)34-15-11-16-35(29-34)52(36-26-28-39(44(50)31-36)37-17-5-8-20-42(37)50)46-22-12-24-48-49(46)41-19-7-10-23-47(41)53-48/h2-31H,1H3. The van der Waals surface area contributed by atoms with Gasteiger partial charge in [0.25, 0.3) is 0 Å². The van der Waals surface area contributed by atoms with Crippen molar-refractivity contribution < 1.29 is 4.42 Å². The summed E-state index contributed by atoms with van der Waals surface area (Å²) in [5, 5.41) is 2.23. The maximum Gasteiger partial charge on any atom is 0.137 e. The molecular weight excluding hydrogens is 643 g/mol. The lowest BCUT2D eigenvalue weighted by Crippen LogP contribution is -2.30. The lowest BCUT2D eigenvalue weighted by Gasteiger charge is -2.37. The lowest BCUT2D eigenvalue weighted by molar-refractivity contribution is 0.669. The van der Waals surface area contributed by atoms with Gasteiger partial charge in [-0.3, -0.25) is 0 Å². The number of anilines is 3. The van der Waals surface area contributed by atoms with Gasteiger partial charge in [0.2, 0.25) is 0 Å². The number of hydrogen-bond donors (Lipinski definition) is 0. The Morgan fingerprint density at radius 3 is 1.94 bits per heavy atom.